The quantitative estimate of drug-likeness (QED) is 0.495. The van der Waals surface area contributed by atoms with Crippen LogP contribution in [0.15, 0.2) is 34.2 Å². The molecule has 1 aromatic carbocycles. The first kappa shape index (κ1) is 23.6. The molecule has 1 aromatic rings. The van der Waals surface area contributed by atoms with Crippen LogP contribution in [0.2, 0.25) is 0 Å². The lowest BCUT2D eigenvalue weighted by Crippen LogP contribution is -2.45. The molecule has 1 atom stereocenters. The fourth-order valence-corrected chi connectivity index (χ4v) is 4.81. The number of aliphatic imine (C=N–C) groups is 1. The molecule has 1 aliphatic heterocycles. The first-order chi connectivity index (χ1) is 13.7. The maximum absolute atomic E-state index is 12.6. The number of benzene rings is 1. The average molecular weight is 425 g/mol. The monoisotopic (exact) mass is 424 g/mol. The Hall–Kier alpha value is -1.64. The Morgan fingerprint density at radius 3 is 2.31 bits per heavy atom. The van der Waals surface area contributed by atoms with Gasteiger partial charge in [-0.15, -0.1) is 0 Å². The second-order valence-electron chi connectivity index (χ2n) is 8.42. The molecular weight excluding hydrogens is 388 g/mol. The SMILES string of the molecule is CCNC(=NCc1ccc(S(=O)(=O)N2CCCC2)cc1)NCC(OC)C(C)(C)C. The van der Waals surface area contributed by atoms with Crippen LogP contribution in [-0.2, 0) is 21.3 Å². The molecule has 29 heavy (non-hydrogen) atoms. The Labute approximate surface area is 176 Å². The third-order valence-corrected chi connectivity index (χ3v) is 7.01. The van der Waals surface area contributed by atoms with E-state index in [9.17, 15) is 8.42 Å². The standard InChI is InChI=1S/C21H36N4O3S/c1-6-22-20(24-16-19(28-5)21(2,3)4)23-15-17-9-11-18(12-10-17)29(26,27)25-13-7-8-14-25/h9-12,19H,6-8,13-16H2,1-5H3,(H2,22,23,24). The zero-order valence-electron chi connectivity index (χ0n) is 18.4. The molecule has 1 unspecified atom stereocenters. The zero-order valence-corrected chi connectivity index (χ0v) is 19.2. The molecule has 1 heterocycles. The summed E-state index contributed by atoms with van der Waals surface area (Å²) >= 11 is 0. The number of hydrogen-bond acceptors (Lipinski definition) is 4. The lowest BCUT2D eigenvalue weighted by molar-refractivity contribution is 0.0205. The number of methoxy groups -OCH3 is 1. The fourth-order valence-electron chi connectivity index (χ4n) is 3.29. The summed E-state index contributed by atoms with van der Waals surface area (Å²) in [6.07, 6.45) is 1.93. The number of ether oxygens (including phenoxy) is 1. The maximum Gasteiger partial charge on any atom is 0.243 e. The summed E-state index contributed by atoms with van der Waals surface area (Å²) in [5.41, 5.74) is 0.983. The Kier molecular flexibility index (Phi) is 8.48. The van der Waals surface area contributed by atoms with Gasteiger partial charge in [0.1, 0.15) is 0 Å². The van der Waals surface area contributed by atoms with Crippen molar-refractivity contribution in [2.45, 2.75) is 58.1 Å². The second-order valence-corrected chi connectivity index (χ2v) is 10.4. The van der Waals surface area contributed by atoms with Crippen molar-refractivity contribution < 1.29 is 13.2 Å². The van der Waals surface area contributed by atoms with Gasteiger partial charge in [0, 0.05) is 33.3 Å². The van der Waals surface area contributed by atoms with Crippen LogP contribution in [0.1, 0.15) is 46.1 Å². The Bertz CT molecular complexity index is 764. The number of rotatable bonds is 8. The minimum absolute atomic E-state index is 0.0235. The van der Waals surface area contributed by atoms with Crippen LogP contribution in [0, 0.1) is 5.41 Å². The Balaban J connectivity index is 2.01. The normalized spacial score (nSPS) is 17.3. The Morgan fingerprint density at radius 1 is 1.17 bits per heavy atom. The van der Waals surface area contributed by atoms with Gasteiger partial charge in [0.05, 0.1) is 17.5 Å². The van der Waals surface area contributed by atoms with Gasteiger partial charge in [-0.2, -0.15) is 4.31 Å². The van der Waals surface area contributed by atoms with Crippen LogP contribution in [0.5, 0.6) is 0 Å². The molecule has 8 heteroatoms. The summed E-state index contributed by atoms with van der Waals surface area (Å²) in [5.74, 6) is 0.715. The predicted octanol–water partition coefficient (Wildman–Crippen LogP) is 2.59. The highest BCUT2D eigenvalue weighted by Crippen LogP contribution is 2.22. The van der Waals surface area contributed by atoms with Crippen molar-refractivity contribution in [1.29, 1.82) is 0 Å². The van der Waals surface area contributed by atoms with E-state index in [2.05, 4.69) is 36.4 Å². The van der Waals surface area contributed by atoms with E-state index in [0.29, 0.717) is 37.0 Å². The third kappa shape index (κ3) is 6.69. The van der Waals surface area contributed by atoms with Gasteiger partial charge in [-0.1, -0.05) is 32.9 Å². The molecule has 1 aliphatic rings. The van der Waals surface area contributed by atoms with Gasteiger partial charge in [0.15, 0.2) is 5.96 Å². The van der Waals surface area contributed by atoms with Crippen molar-refractivity contribution in [3.8, 4) is 0 Å². The van der Waals surface area contributed by atoms with E-state index in [4.69, 9.17) is 4.74 Å². The third-order valence-electron chi connectivity index (χ3n) is 5.10. The maximum atomic E-state index is 12.6. The summed E-state index contributed by atoms with van der Waals surface area (Å²) in [5, 5.41) is 6.57. The fraction of sp³-hybridized carbons (Fsp3) is 0.667. The molecule has 164 valence electrons. The Morgan fingerprint density at radius 2 is 1.79 bits per heavy atom. The van der Waals surface area contributed by atoms with Gasteiger partial charge in [-0.05, 0) is 42.9 Å². The van der Waals surface area contributed by atoms with Crippen molar-refractivity contribution in [3.63, 3.8) is 0 Å². The van der Waals surface area contributed by atoms with Crippen LogP contribution < -0.4 is 10.6 Å². The first-order valence-electron chi connectivity index (χ1n) is 10.3. The molecule has 0 bridgehead atoms. The number of sulfonamides is 1. The van der Waals surface area contributed by atoms with Crippen molar-refractivity contribution in [3.05, 3.63) is 29.8 Å². The van der Waals surface area contributed by atoms with E-state index in [1.807, 2.05) is 19.1 Å². The van der Waals surface area contributed by atoms with Crippen LogP contribution in [0.4, 0.5) is 0 Å². The molecule has 0 aliphatic carbocycles. The zero-order chi connectivity index (χ0) is 21.5. The molecule has 0 amide bonds. The van der Waals surface area contributed by atoms with Crippen LogP contribution in [0.3, 0.4) is 0 Å². The lowest BCUT2D eigenvalue weighted by Gasteiger charge is -2.30. The van der Waals surface area contributed by atoms with Crippen LogP contribution in [0.25, 0.3) is 0 Å². The van der Waals surface area contributed by atoms with Gasteiger partial charge in [-0.25, -0.2) is 13.4 Å². The molecule has 0 aromatic heterocycles. The number of hydrogen-bond donors (Lipinski definition) is 2. The summed E-state index contributed by atoms with van der Waals surface area (Å²) in [4.78, 5) is 4.97. The van der Waals surface area contributed by atoms with Crippen LogP contribution in [-0.4, -0.2) is 58.1 Å². The minimum atomic E-state index is -3.37. The van der Waals surface area contributed by atoms with Gasteiger partial charge in [0.25, 0.3) is 0 Å². The van der Waals surface area contributed by atoms with Crippen molar-refractivity contribution >= 4 is 16.0 Å². The summed E-state index contributed by atoms with van der Waals surface area (Å²) in [7, 11) is -1.65. The molecule has 0 radical (unpaired) electrons. The van der Waals surface area contributed by atoms with E-state index in [0.717, 1.165) is 24.9 Å². The van der Waals surface area contributed by atoms with E-state index >= 15 is 0 Å². The predicted molar refractivity (Wildman–Crippen MR) is 118 cm³/mol. The van der Waals surface area contributed by atoms with E-state index in [1.54, 1.807) is 23.5 Å². The average Bonchev–Trinajstić information content (AvgIpc) is 3.21. The second kappa shape index (κ2) is 10.4. The highest BCUT2D eigenvalue weighted by Gasteiger charge is 2.27. The molecule has 7 nitrogen and oxygen atoms in total. The number of guanidine groups is 1. The van der Waals surface area contributed by atoms with Gasteiger partial charge < -0.3 is 15.4 Å². The minimum Gasteiger partial charge on any atom is -0.379 e. The lowest BCUT2D eigenvalue weighted by atomic mass is 9.89. The van der Waals surface area contributed by atoms with Gasteiger partial charge >= 0.3 is 0 Å². The molecular formula is C21H36N4O3S. The molecule has 2 N–H and O–H groups in total. The topological polar surface area (TPSA) is 83.0 Å². The molecule has 1 fully saturated rings. The summed E-state index contributed by atoms with van der Waals surface area (Å²) in [6.45, 7) is 11.6. The van der Waals surface area contributed by atoms with E-state index < -0.39 is 10.0 Å². The molecule has 2 rings (SSSR count). The highest BCUT2D eigenvalue weighted by atomic mass is 32.2. The van der Waals surface area contributed by atoms with Crippen molar-refractivity contribution in [1.82, 2.24) is 14.9 Å². The molecule has 1 saturated heterocycles. The highest BCUT2D eigenvalue weighted by molar-refractivity contribution is 7.89. The van der Waals surface area contributed by atoms with Crippen molar-refractivity contribution in [2.24, 2.45) is 10.4 Å². The van der Waals surface area contributed by atoms with Crippen molar-refractivity contribution in [2.75, 3.05) is 33.3 Å². The van der Waals surface area contributed by atoms with Gasteiger partial charge in [0.2, 0.25) is 10.0 Å². The smallest absolute Gasteiger partial charge is 0.243 e. The molecule has 0 spiro atoms. The van der Waals surface area contributed by atoms with Crippen LogP contribution >= 0.6 is 0 Å². The summed E-state index contributed by atoms with van der Waals surface area (Å²) < 4.78 is 32.4. The van der Waals surface area contributed by atoms with E-state index in [-0.39, 0.29) is 11.5 Å². The van der Waals surface area contributed by atoms with E-state index in [1.165, 1.54) is 0 Å². The molecule has 0 saturated carbocycles. The first-order valence-corrected chi connectivity index (χ1v) is 11.8. The number of nitrogens with zero attached hydrogens (tertiary/aromatic N) is 2. The summed E-state index contributed by atoms with van der Waals surface area (Å²) in [6, 6.07) is 7.03. The largest absolute Gasteiger partial charge is 0.379 e. The van der Waals surface area contributed by atoms with Gasteiger partial charge in [-0.3, -0.25) is 0 Å². The number of nitrogens with one attached hydrogen (secondary N) is 2.